The second-order valence-electron chi connectivity index (χ2n) is 6.75. The van der Waals surface area contributed by atoms with E-state index in [0.29, 0.717) is 0 Å². The smallest absolute Gasteiger partial charge is 0.00671 e. The first-order valence-electron chi connectivity index (χ1n) is 8.57. The molecule has 1 heteroatoms. The third-order valence-electron chi connectivity index (χ3n) is 4.31. The third-order valence-corrected chi connectivity index (χ3v) is 4.31. The molecule has 0 aromatic carbocycles. The molecule has 0 radical (unpaired) electrons. The van der Waals surface area contributed by atoms with Crippen LogP contribution in [0.3, 0.4) is 0 Å². The van der Waals surface area contributed by atoms with Gasteiger partial charge in [-0.15, -0.1) is 0 Å². The van der Waals surface area contributed by atoms with Gasteiger partial charge >= 0.3 is 0 Å². The van der Waals surface area contributed by atoms with E-state index in [-0.39, 0.29) is 0 Å². The van der Waals surface area contributed by atoms with Crippen molar-refractivity contribution < 1.29 is 0 Å². The van der Waals surface area contributed by atoms with Crippen molar-refractivity contribution in [1.82, 2.24) is 5.32 Å². The predicted molar refractivity (Wildman–Crippen MR) is 86.5 cm³/mol. The van der Waals surface area contributed by atoms with Crippen molar-refractivity contribution in [3.8, 4) is 0 Å². The molecule has 1 unspecified atom stereocenters. The zero-order chi connectivity index (χ0) is 13.9. The van der Waals surface area contributed by atoms with Crippen LogP contribution in [0.4, 0.5) is 0 Å². The number of rotatable bonds is 7. The van der Waals surface area contributed by atoms with Crippen molar-refractivity contribution in [1.29, 1.82) is 0 Å². The Morgan fingerprint density at radius 1 is 1.05 bits per heavy atom. The molecule has 19 heavy (non-hydrogen) atoms. The molecule has 0 bridgehead atoms. The Morgan fingerprint density at radius 3 is 2.26 bits per heavy atom. The summed E-state index contributed by atoms with van der Waals surface area (Å²) in [7, 11) is 0. The molecule has 0 heterocycles. The highest BCUT2D eigenvalue weighted by atomic mass is 14.9. The minimum absolute atomic E-state index is 0.792. The lowest BCUT2D eigenvalue weighted by Gasteiger charge is -2.25. The Hall–Kier alpha value is -0.300. The van der Waals surface area contributed by atoms with Gasteiger partial charge < -0.3 is 5.32 Å². The Bertz CT molecular complexity index is 224. The average molecular weight is 265 g/mol. The standard InChI is InChI=1S/C18H35N/c1-4-5-11-17(14-16(2)3)15-19-18-12-9-7-6-8-10-13-18/h4-5,16-19H,6-15H2,1-3H3/b5-4-. The molecule has 112 valence electrons. The summed E-state index contributed by atoms with van der Waals surface area (Å²) in [4.78, 5) is 0. The molecule has 1 nitrogen and oxygen atoms in total. The molecule has 1 rings (SSSR count). The summed E-state index contributed by atoms with van der Waals surface area (Å²) in [5.74, 6) is 1.64. The molecule has 0 spiro atoms. The number of hydrogen-bond donors (Lipinski definition) is 1. The number of hydrogen-bond acceptors (Lipinski definition) is 1. The van der Waals surface area contributed by atoms with E-state index in [2.05, 4.69) is 38.2 Å². The molecular formula is C18H35N. The fourth-order valence-corrected chi connectivity index (χ4v) is 3.25. The van der Waals surface area contributed by atoms with Gasteiger partial charge in [-0.3, -0.25) is 0 Å². The second kappa shape index (κ2) is 10.5. The molecule has 1 N–H and O–H groups in total. The quantitative estimate of drug-likeness (QED) is 0.614. The Morgan fingerprint density at radius 2 is 1.68 bits per heavy atom. The van der Waals surface area contributed by atoms with Gasteiger partial charge in [0.2, 0.25) is 0 Å². The summed E-state index contributed by atoms with van der Waals surface area (Å²) in [6.45, 7) is 8.04. The van der Waals surface area contributed by atoms with Crippen molar-refractivity contribution in [2.45, 2.75) is 84.6 Å². The van der Waals surface area contributed by atoms with E-state index in [1.807, 2.05) is 0 Å². The van der Waals surface area contributed by atoms with Crippen molar-refractivity contribution in [2.75, 3.05) is 6.54 Å². The molecule has 0 aromatic rings. The largest absolute Gasteiger partial charge is 0.314 e. The third kappa shape index (κ3) is 8.47. The van der Waals surface area contributed by atoms with Crippen LogP contribution >= 0.6 is 0 Å². The maximum absolute atomic E-state index is 3.87. The minimum atomic E-state index is 0.792. The van der Waals surface area contributed by atoms with Gasteiger partial charge in [-0.1, -0.05) is 58.1 Å². The highest BCUT2D eigenvalue weighted by Crippen LogP contribution is 2.19. The van der Waals surface area contributed by atoms with Crippen LogP contribution in [0.25, 0.3) is 0 Å². The maximum Gasteiger partial charge on any atom is 0.00671 e. The van der Waals surface area contributed by atoms with Crippen LogP contribution in [-0.2, 0) is 0 Å². The van der Waals surface area contributed by atoms with Crippen LogP contribution in [0.5, 0.6) is 0 Å². The first kappa shape index (κ1) is 16.8. The van der Waals surface area contributed by atoms with Crippen LogP contribution in [0, 0.1) is 11.8 Å². The van der Waals surface area contributed by atoms with E-state index >= 15 is 0 Å². The van der Waals surface area contributed by atoms with E-state index in [0.717, 1.165) is 17.9 Å². The van der Waals surface area contributed by atoms with Crippen molar-refractivity contribution >= 4 is 0 Å². The van der Waals surface area contributed by atoms with Gasteiger partial charge in [-0.05, 0) is 51.0 Å². The van der Waals surface area contributed by atoms with Crippen LogP contribution in [0.15, 0.2) is 12.2 Å². The summed E-state index contributed by atoms with van der Waals surface area (Å²) in [5, 5.41) is 3.87. The average Bonchev–Trinajstić information content (AvgIpc) is 2.33. The van der Waals surface area contributed by atoms with Crippen molar-refractivity contribution in [2.24, 2.45) is 11.8 Å². The zero-order valence-corrected chi connectivity index (χ0v) is 13.5. The number of allylic oxidation sites excluding steroid dienone is 2. The van der Waals surface area contributed by atoms with Gasteiger partial charge in [0.15, 0.2) is 0 Å². The minimum Gasteiger partial charge on any atom is -0.314 e. The van der Waals surface area contributed by atoms with E-state index in [1.54, 1.807) is 0 Å². The zero-order valence-electron chi connectivity index (χ0n) is 13.5. The van der Waals surface area contributed by atoms with Gasteiger partial charge in [0.1, 0.15) is 0 Å². The molecule has 1 fully saturated rings. The van der Waals surface area contributed by atoms with Crippen molar-refractivity contribution in [3.05, 3.63) is 12.2 Å². The topological polar surface area (TPSA) is 12.0 Å². The molecule has 1 atom stereocenters. The summed E-state index contributed by atoms with van der Waals surface area (Å²) in [6, 6.07) is 0.792. The summed E-state index contributed by atoms with van der Waals surface area (Å²) in [6.07, 6.45) is 17.2. The van der Waals surface area contributed by atoms with E-state index < -0.39 is 0 Å². The molecule has 1 aliphatic carbocycles. The Balaban J connectivity index is 2.31. The first-order chi connectivity index (χ1) is 9.22. The van der Waals surface area contributed by atoms with E-state index in [4.69, 9.17) is 0 Å². The van der Waals surface area contributed by atoms with Gasteiger partial charge in [-0.2, -0.15) is 0 Å². The molecule has 1 aliphatic rings. The molecular weight excluding hydrogens is 230 g/mol. The van der Waals surface area contributed by atoms with Gasteiger partial charge in [-0.25, -0.2) is 0 Å². The fraction of sp³-hybridized carbons (Fsp3) is 0.889. The Labute approximate surface area is 121 Å². The Kier molecular flexibility index (Phi) is 9.24. The predicted octanol–water partition coefficient (Wildman–Crippen LogP) is 5.32. The second-order valence-corrected chi connectivity index (χ2v) is 6.75. The highest BCUT2D eigenvalue weighted by Gasteiger charge is 2.14. The lowest BCUT2D eigenvalue weighted by Crippen LogP contribution is -2.34. The highest BCUT2D eigenvalue weighted by molar-refractivity contribution is 4.82. The lowest BCUT2D eigenvalue weighted by molar-refractivity contribution is 0.333. The van der Waals surface area contributed by atoms with Gasteiger partial charge in [0.05, 0.1) is 0 Å². The normalized spacial score (nSPS) is 20.6. The SMILES string of the molecule is C/C=C\CC(CNC1CCCCCCC1)CC(C)C. The first-order valence-corrected chi connectivity index (χ1v) is 8.57. The van der Waals surface area contributed by atoms with E-state index in [1.165, 1.54) is 64.3 Å². The van der Waals surface area contributed by atoms with Crippen LogP contribution in [-0.4, -0.2) is 12.6 Å². The van der Waals surface area contributed by atoms with Crippen LogP contribution < -0.4 is 5.32 Å². The number of nitrogens with one attached hydrogen (secondary N) is 1. The van der Waals surface area contributed by atoms with Crippen LogP contribution in [0.2, 0.25) is 0 Å². The van der Waals surface area contributed by atoms with Gasteiger partial charge in [0, 0.05) is 6.04 Å². The summed E-state index contributed by atoms with van der Waals surface area (Å²) >= 11 is 0. The van der Waals surface area contributed by atoms with E-state index in [9.17, 15) is 0 Å². The lowest BCUT2D eigenvalue weighted by atomic mass is 9.92. The summed E-state index contributed by atoms with van der Waals surface area (Å²) < 4.78 is 0. The molecule has 0 aliphatic heterocycles. The van der Waals surface area contributed by atoms with Crippen molar-refractivity contribution in [3.63, 3.8) is 0 Å². The van der Waals surface area contributed by atoms with Gasteiger partial charge in [0.25, 0.3) is 0 Å². The summed E-state index contributed by atoms with van der Waals surface area (Å²) in [5.41, 5.74) is 0. The molecule has 1 saturated carbocycles. The maximum atomic E-state index is 3.87. The molecule has 0 aromatic heterocycles. The van der Waals surface area contributed by atoms with Crippen LogP contribution in [0.1, 0.15) is 78.6 Å². The fourth-order valence-electron chi connectivity index (χ4n) is 3.25. The molecule has 0 amide bonds. The monoisotopic (exact) mass is 265 g/mol. The molecule has 0 saturated heterocycles.